The van der Waals surface area contributed by atoms with Crippen LogP contribution in [0.4, 0.5) is 0 Å². The van der Waals surface area contributed by atoms with Crippen molar-refractivity contribution < 1.29 is 19.1 Å². The van der Waals surface area contributed by atoms with Crippen LogP contribution in [0.2, 0.25) is 0 Å². The van der Waals surface area contributed by atoms with Gasteiger partial charge in [0.1, 0.15) is 11.8 Å². The van der Waals surface area contributed by atoms with Crippen LogP contribution in [0.1, 0.15) is 28.8 Å². The molecule has 2 aliphatic heterocycles. The van der Waals surface area contributed by atoms with E-state index in [9.17, 15) is 14.4 Å². The summed E-state index contributed by atoms with van der Waals surface area (Å²) in [5, 5.41) is 4.31. The smallest absolute Gasteiger partial charge is 0.255 e. The largest absolute Gasteiger partial charge is 0.495 e. The van der Waals surface area contributed by atoms with Crippen molar-refractivity contribution in [3.63, 3.8) is 0 Å². The Hall–Kier alpha value is -3.46. The maximum atomic E-state index is 12.9. The molecule has 2 aromatic heterocycles. The number of fused-ring (bicyclic) bond motifs is 1. The molecular weight excluding hydrogens is 416 g/mol. The number of amides is 3. The minimum Gasteiger partial charge on any atom is -0.495 e. The van der Waals surface area contributed by atoms with Crippen molar-refractivity contribution >= 4 is 29.1 Å². The third-order valence-electron chi connectivity index (χ3n) is 5.80. The van der Waals surface area contributed by atoms with Crippen LogP contribution in [0.5, 0.6) is 5.75 Å². The second-order valence-corrected chi connectivity index (χ2v) is 8.56. The highest BCUT2D eigenvalue weighted by molar-refractivity contribution is 7.14. The van der Waals surface area contributed by atoms with Crippen molar-refractivity contribution in [2.75, 3.05) is 7.11 Å². The summed E-state index contributed by atoms with van der Waals surface area (Å²) in [5.41, 5.74) is 4.07. The van der Waals surface area contributed by atoms with Crippen LogP contribution in [0.3, 0.4) is 0 Å². The Morgan fingerprint density at radius 3 is 2.84 bits per heavy atom. The van der Waals surface area contributed by atoms with Crippen LogP contribution < -0.4 is 10.1 Å². The van der Waals surface area contributed by atoms with Crippen molar-refractivity contribution in [3.8, 4) is 27.6 Å². The Balaban J connectivity index is 1.50. The van der Waals surface area contributed by atoms with E-state index in [-0.39, 0.29) is 18.2 Å². The number of nitrogens with one attached hydrogen (secondary N) is 1. The molecule has 3 aromatic rings. The molecular formula is C22H20N4O4S. The molecule has 9 heteroatoms. The number of ether oxygens (including phenoxy) is 1. The lowest BCUT2D eigenvalue weighted by atomic mass is 10.0. The third kappa shape index (κ3) is 3.12. The van der Waals surface area contributed by atoms with E-state index in [1.165, 1.54) is 0 Å². The number of hydrogen-bond donors (Lipinski definition) is 1. The first-order valence-corrected chi connectivity index (χ1v) is 10.8. The van der Waals surface area contributed by atoms with Crippen molar-refractivity contribution in [1.82, 2.24) is 19.8 Å². The number of imidazole rings is 1. The van der Waals surface area contributed by atoms with Gasteiger partial charge < -0.3 is 14.2 Å². The lowest BCUT2D eigenvalue weighted by molar-refractivity contribution is -0.136. The first-order chi connectivity index (χ1) is 15.0. The standard InChI is InChI=1S/C22H20N4O4S/c1-25-11-23-18(19(25)20-16(30-2)7-8-31-20)12-3-4-14-13(9-12)10-26(22(14)29)15-5-6-17(27)24-21(15)28/h3-4,7-9,11,15H,5-6,10H2,1-2H3,(H,24,27,28). The van der Waals surface area contributed by atoms with E-state index in [1.54, 1.807) is 35.7 Å². The minimum absolute atomic E-state index is 0.183. The number of benzene rings is 1. The zero-order chi connectivity index (χ0) is 21.7. The van der Waals surface area contributed by atoms with Gasteiger partial charge in [0.05, 0.1) is 29.7 Å². The summed E-state index contributed by atoms with van der Waals surface area (Å²) in [6.45, 7) is 0.332. The van der Waals surface area contributed by atoms with Gasteiger partial charge in [-0.2, -0.15) is 0 Å². The molecule has 1 fully saturated rings. The van der Waals surface area contributed by atoms with Gasteiger partial charge in [-0.15, -0.1) is 11.3 Å². The molecule has 4 heterocycles. The number of piperidine rings is 1. The van der Waals surface area contributed by atoms with Crippen molar-refractivity contribution in [2.45, 2.75) is 25.4 Å². The molecule has 1 aromatic carbocycles. The van der Waals surface area contributed by atoms with Gasteiger partial charge in [0.25, 0.3) is 5.91 Å². The second kappa shape index (κ2) is 7.35. The quantitative estimate of drug-likeness (QED) is 0.635. The molecule has 31 heavy (non-hydrogen) atoms. The van der Waals surface area contributed by atoms with Crippen LogP contribution in [0.15, 0.2) is 36.0 Å². The summed E-state index contributed by atoms with van der Waals surface area (Å²) in [6.07, 6.45) is 2.35. The maximum Gasteiger partial charge on any atom is 0.255 e. The number of aromatic nitrogens is 2. The van der Waals surface area contributed by atoms with Gasteiger partial charge in [0, 0.05) is 31.1 Å². The van der Waals surface area contributed by atoms with Gasteiger partial charge in [-0.3, -0.25) is 19.7 Å². The molecule has 1 atom stereocenters. The molecule has 2 aliphatic rings. The van der Waals surface area contributed by atoms with Crippen LogP contribution >= 0.6 is 11.3 Å². The van der Waals surface area contributed by atoms with Gasteiger partial charge in [0.2, 0.25) is 11.8 Å². The first kappa shape index (κ1) is 19.5. The van der Waals surface area contributed by atoms with E-state index in [2.05, 4.69) is 10.3 Å². The number of hydrogen-bond acceptors (Lipinski definition) is 6. The zero-order valence-electron chi connectivity index (χ0n) is 17.0. The SMILES string of the molecule is COc1ccsc1-c1c(-c2ccc3c(c2)CN(C2CCC(=O)NC2=O)C3=O)ncn1C. The molecule has 8 nitrogen and oxygen atoms in total. The maximum absolute atomic E-state index is 12.9. The Kier molecular flexibility index (Phi) is 4.62. The predicted molar refractivity (Wildman–Crippen MR) is 115 cm³/mol. The summed E-state index contributed by atoms with van der Waals surface area (Å²) in [7, 11) is 3.58. The van der Waals surface area contributed by atoms with E-state index in [1.807, 2.05) is 35.2 Å². The number of methoxy groups -OCH3 is 1. The average Bonchev–Trinajstić information content (AvgIpc) is 3.45. The lowest BCUT2D eigenvalue weighted by Crippen LogP contribution is -2.52. The van der Waals surface area contributed by atoms with E-state index in [0.29, 0.717) is 18.5 Å². The van der Waals surface area contributed by atoms with Crippen molar-refractivity contribution in [2.24, 2.45) is 7.05 Å². The number of rotatable bonds is 4. The van der Waals surface area contributed by atoms with Crippen molar-refractivity contribution in [1.29, 1.82) is 0 Å². The fourth-order valence-electron chi connectivity index (χ4n) is 4.26. The van der Waals surface area contributed by atoms with Crippen LogP contribution in [-0.4, -0.2) is 45.3 Å². The highest BCUT2D eigenvalue weighted by Gasteiger charge is 2.39. The second-order valence-electron chi connectivity index (χ2n) is 7.64. The molecule has 3 amide bonds. The number of carbonyl (C=O) groups is 3. The fourth-order valence-corrected chi connectivity index (χ4v) is 5.21. The minimum atomic E-state index is -0.623. The molecule has 5 rings (SSSR count). The van der Waals surface area contributed by atoms with Gasteiger partial charge in [-0.25, -0.2) is 4.98 Å². The molecule has 1 unspecified atom stereocenters. The Labute approximate surface area is 182 Å². The van der Waals surface area contributed by atoms with Crippen LogP contribution in [0, 0.1) is 0 Å². The summed E-state index contributed by atoms with van der Waals surface area (Å²) >= 11 is 1.58. The highest BCUT2D eigenvalue weighted by atomic mass is 32.1. The lowest BCUT2D eigenvalue weighted by Gasteiger charge is -2.29. The van der Waals surface area contributed by atoms with Gasteiger partial charge >= 0.3 is 0 Å². The first-order valence-electron chi connectivity index (χ1n) is 9.89. The Bertz CT molecular complexity index is 1230. The van der Waals surface area contributed by atoms with Crippen LogP contribution in [0.25, 0.3) is 21.8 Å². The van der Waals surface area contributed by atoms with E-state index < -0.39 is 11.9 Å². The molecule has 0 spiro atoms. The van der Waals surface area contributed by atoms with E-state index >= 15 is 0 Å². The molecule has 0 aliphatic carbocycles. The summed E-state index contributed by atoms with van der Waals surface area (Å²) in [5.74, 6) is -0.0961. The molecule has 0 bridgehead atoms. The van der Waals surface area contributed by atoms with E-state index in [0.717, 1.165) is 33.1 Å². The molecule has 1 N–H and O–H groups in total. The Morgan fingerprint density at radius 1 is 1.23 bits per heavy atom. The normalized spacial score (nSPS) is 18.3. The fraction of sp³-hybridized carbons (Fsp3) is 0.273. The molecule has 0 saturated carbocycles. The van der Waals surface area contributed by atoms with Gasteiger partial charge in [-0.1, -0.05) is 6.07 Å². The zero-order valence-corrected chi connectivity index (χ0v) is 17.9. The highest BCUT2D eigenvalue weighted by Crippen LogP contribution is 2.41. The monoisotopic (exact) mass is 436 g/mol. The summed E-state index contributed by atoms with van der Waals surface area (Å²) < 4.78 is 7.45. The van der Waals surface area contributed by atoms with Gasteiger partial charge in [0.15, 0.2) is 0 Å². The topological polar surface area (TPSA) is 93.5 Å². The van der Waals surface area contributed by atoms with Crippen molar-refractivity contribution in [3.05, 3.63) is 47.1 Å². The molecule has 1 saturated heterocycles. The summed E-state index contributed by atoms with van der Waals surface area (Å²) in [4.78, 5) is 43.8. The number of carbonyl (C=O) groups excluding carboxylic acids is 3. The average molecular weight is 436 g/mol. The predicted octanol–water partition coefficient (Wildman–Crippen LogP) is 2.59. The third-order valence-corrected chi connectivity index (χ3v) is 6.70. The number of aryl methyl sites for hydroxylation is 1. The number of thiophene rings is 1. The summed E-state index contributed by atoms with van der Waals surface area (Å²) in [6, 6.07) is 6.95. The molecule has 0 radical (unpaired) electrons. The number of nitrogens with zero attached hydrogens (tertiary/aromatic N) is 3. The molecule has 158 valence electrons. The van der Waals surface area contributed by atoms with Crippen LogP contribution in [-0.2, 0) is 23.2 Å². The van der Waals surface area contributed by atoms with Gasteiger partial charge in [-0.05, 0) is 35.6 Å². The Morgan fingerprint density at radius 2 is 2.06 bits per heavy atom. The van der Waals surface area contributed by atoms with E-state index in [4.69, 9.17) is 4.74 Å². The number of imide groups is 1.